The van der Waals surface area contributed by atoms with Crippen LogP contribution in [0.3, 0.4) is 0 Å². The molecule has 1 aliphatic rings. The molecule has 0 aromatic heterocycles. The quantitative estimate of drug-likeness (QED) is 0.520. The molecule has 5 nitrogen and oxygen atoms in total. The van der Waals surface area contributed by atoms with E-state index < -0.39 is 34.4 Å². The summed E-state index contributed by atoms with van der Waals surface area (Å²) in [5.41, 5.74) is -0.579. The van der Waals surface area contributed by atoms with E-state index in [1.165, 1.54) is 11.4 Å². The van der Waals surface area contributed by atoms with Crippen molar-refractivity contribution in [1.29, 1.82) is 0 Å². The van der Waals surface area contributed by atoms with Gasteiger partial charge in [0.15, 0.2) is 0 Å². The van der Waals surface area contributed by atoms with E-state index in [0.29, 0.717) is 11.9 Å². The second kappa shape index (κ2) is 8.07. The van der Waals surface area contributed by atoms with Crippen molar-refractivity contribution < 1.29 is 50.4 Å². The second-order valence-corrected chi connectivity index (χ2v) is 9.06. The van der Waals surface area contributed by atoms with Crippen LogP contribution in [0, 0.1) is 13.8 Å². The summed E-state index contributed by atoms with van der Waals surface area (Å²) in [6, 6.07) is 6.33. The van der Waals surface area contributed by atoms with E-state index >= 15 is 0 Å². The maximum absolute atomic E-state index is 13.0. The zero-order valence-electron chi connectivity index (χ0n) is 15.7. The number of rotatable bonds is 5. The molecule has 1 aromatic rings. The first-order valence-corrected chi connectivity index (χ1v) is 9.43. The van der Waals surface area contributed by atoms with Gasteiger partial charge < -0.3 is 23.2 Å². The molecule has 8 heteroatoms. The van der Waals surface area contributed by atoms with Crippen LogP contribution in [0.15, 0.2) is 29.2 Å². The van der Waals surface area contributed by atoms with Crippen LogP contribution in [0.1, 0.15) is 34.1 Å². The third-order valence-electron chi connectivity index (χ3n) is 4.93. The van der Waals surface area contributed by atoms with Gasteiger partial charge in [-0.05, 0) is 40.8 Å². The molecule has 0 N–H and O–H groups in total. The number of benzene rings is 1. The predicted molar refractivity (Wildman–Crippen MR) is 96.2 cm³/mol. The summed E-state index contributed by atoms with van der Waals surface area (Å²) in [4.78, 5) is 0.174. The van der Waals surface area contributed by atoms with Crippen molar-refractivity contribution in [3.05, 3.63) is 38.1 Å². The Labute approximate surface area is 177 Å². The topological polar surface area (TPSA) is 55.8 Å². The molecule has 0 saturated carbocycles. The summed E-state index contributed by atoms with van der Waals surface area (Å²) in [6.45, 7) is 15.3. The SMILES string of the molecule is [CH2-]CC([CH2-])N(C)S(=O)(=O)c1ccccc1B1OC(C)(C)C(C)(C)O1.[Y]. The van der Waals surface area contributed by atoms with Crippen LogP contribution in [0.5, 0.6) is 0 Å². The monoisotopic (exact) mass is 440 g/mol. The van der Waals surface area contributed by atoms with Gasteiger partial charge in [-0.25, -0.2) is 12.7 Å². The van der Waals surface area contributed by atoms with E-state index in [9.17, 15) is 8.42 Å². The summed E-state index contributed by atoms with van der Waals surface area (Å²) in [5, 5.41) is 0. The smallest absolute Gasteiger partial charge is 0.399 e. The van der Waals surface area contributed by atoms with Gasteiger partial charge in [0.25, 0.3) is 0 Å². The minimum absolute atomic E-state index is 0. The zero-order valence-corrected chi connectivity index (χ0v) is 19.3. The fourth-order valence-electron chi connectivity index (χ4n) is 2.41. The number of hydrogen-bond donors (Lipinski definition) is 0. The molecule has 1 atom stereocenters. The molecule has 1 radical (unpaired) electrons. The van der Waals surface area contributed by atoms with Gasteiger partial charge in [-0.2, -0.15) is 6.42 Å². The van der Waals surface area contributed by atoms with Crippen molar-refractivity contribution in [2.75, 3.05) is 7.05 Å². The molecule has 1 aromatic carbocycles. The summed E-state index contributed by atoms with van der Waals surface area (Å²) in [5.74, 6) is 0. The first-order chi connectivity index (χ1) is 10.9. The molecule has 2 rings (SSSR count). The van der Waals surface area contributed by atoms with Gasteiger partial charge in [0.2, 0.25) is 10.0 Å². The van der Waals surface area contributed by atoms with Gasteiger partial charge in [-0.3, -0.25) is 0 Å². The van der Waals surface area contributed by atoms with Gasteiger partial charge in [0, 0.05) is 38.2 Å². The minimum atomic E-state index is -3.72. The Morgan fingerprint density at radius 3 is 2.12 bits per heavy atom. The normalized spacial score (nSPS) is 20.4. The van der Waals surface area contributed by atoms with Crippen molar-refractivity contribution in [1.82, 2.24) is 4.31 Å². The first-order valence-electron chi connectivity index (χ1n) is 7.99. The van der Waals surface area contributed by atoms with Gasteiger partial charge in [0.05, 0.1) is 16.1 Å². The first kappa shape index (κ1) is 23.3. The minimum Gasteiger partial charge on any atom is -0.399 e. The van der Waals surface area contributed by atoms with Crippen molar-refractivity contribution in [2.24, 2.45) is 0 Å². The molecule has 25 heavy (non-hydrogen) atoms. The number of sulfonamides is 1. The Hall–Kier alpha value is 0.219. The maximum atomic E-state index is 13.0. The van der Waals surface area contributed by atoms with E-state index in [1.807, 2.05) is 27.7 Å². The summed E-state index contributed by atoms with van der Waals surface area (Å²) in [6.07, 6.45) is 0.383. The summed E-state index contributed by atoms with van der Waals surface area (Å²) >= 11 is 0. The molecule has 0 aliphatic carbocycles. The Morgan fingerprint density at radius 1 is 1.16 bits per heavy atom. The molecule has 1 fully saturated rings. The average Bonchev–Trinajstić information content (AvgIpc) is 2.73. The predicted octanol–water partition coefficient (Wildman–Crippen LogP) is 2.03. The Balaban J connectivity index is 0.00000312. The van der Waals surface area contributed by atoms with Gasteiger partial charge in [-0.1, -0.05) is 18.2 Å². The fraction of sp³-hybridized carbons (Fsp3) is 0.529. The molecule has 0 amide bonds. The van der Waals surface area contributed by atoms with Gasteiger partial charge in [-0.15, -0.1) is 6.04 Å². The third-order valence-corrected chi connectivity index (χ3v) is 6.91. The van der Waals surface area contributed by atoms with Gasteiger partial charge >= 0.3 is 7.12 Å². The molecule has 0 spiro atoms. The summed E-state index contributed by atoms with van der Waals surface area (Å²) in [7, 11) is -2.95. The van der Waals surface area contributed by atoms with E-state index in [1.54, 1.807) is 24.3 Å². The van der Waals surface area contributed by atoms with E-state index in [-0.39, 0.29) is 37.6 Å². The van der Waals surface area contributed by atoms with E-state index in [2.05, 4.69) is 13.8 Å². The van der Waals surface area contributed by atoms with Crippen LogP contribution in [0.4, 0.5) is 0 Å². The van der Waals surface area contributed by atoms with Crippen molar-refractivity contribution in [3.63, 3.8) is 0 Å². The van der Waals surface area contributed by atoms with Crippen molar-refractivity contribution in [2.45, 2.75) is 56.3 Å². The number of hydrogen-bond acceptors (Lipinski definition) is 4. The Kier molecular flexibility index (Phi) is 7.51. The Morgan fingerprint density at radius 2 is 1.64 bits per heavy atom. The second-order valence-electron chi connectivity index (χ2n) is 7.09. The molecular formula is C17H26BNO4SY-2. The third kappa shape index (κ3) is 4.38. The zero-order chi connectivity index (χ0) is 18.3. The molecule has 1 unspecified atom stereocenters. The maximum Gasteiger partial charge on any atom is 0.496 e. The van der Waals surface area contributed by atoms with E-state index in [0.717, 1.165) is 0 Å². The molecule has 0 bridgehead atoms. The van der Waals surface area contributed by atoms with Crippen LogP contribution in [0.2, 0.25) is 0 Å². The Bertz CT molecular complexity index is 692. The van der Waals surface area contributed by atoms with Crippen LogP contribution in [0.25, 0.3) is 0 Å². The molecule has 137 valence electrons. The average molecular weight is 440 g/mol. The standard InChI is InChI=1S/C17H26BNO4S.Y/c1-8-13(2)19(7)24(20,21)15-12-10-9-11-14(15)18-22-16(3,4)17(5,6)23-18;/h9-13H,1-2,8H2,3-7H3;/q-2;. The van der Waals surface area contributed by atoms with Crippen molar-refractivity contribution >= 4 is 22.6 Å². The number of nitrogens with zero attached hydrogens (tertiary/aromatic N) is 1. The summed E-state index contributed by atoms with van der Waals surface area (Å²) < 4.78 is 39.2. The molecular weight excluding hydrogens is 414 g/mol. The van der Waals surface area contributed by atoms with Gasteiger partial charge in [0.1, 0.15) is 0 Å². The molecule has 1 aliphatic heterocycles. The molecule has 1 saturated heterocycles. The fourth-order valence-corrected chi connectivity index (χ4v) is 3.93. The van der Waals surface area contributed by atoms with Crippen LogP contribution in [-0.2, 0) is 52.0 Å². The van der Waals surface area contributed by atoms with Crippen LogP contribution in [-0.4, -0.2) is 44.1 Å². The van der Waals surface area contributed by atoms with Crippen LogP contribution >= 0.6 is 0 Å². The van der Waals surface area contributed by atoms with Crippen molar-refractivity contribution in [3.8, 4) is 0 Å². The molecule has 1 heterocycles. The van der Waals surface area contributed by atoms with E-state index in [4.69, 9.17) is 9.31 Å². The van der Waals surface area contributed by atoms with Crippen LogP contribution < -0.4 is 5.46 Å². The largest absolute Gasteiger partial charge is 0.496 e.